The van der Waals surface area contributed by atoms with Gasteiger partial charge in [-0.2, -0.15) is 0 Å². The highest BCUT2D eigenvalue weighted by Crippen LogP contribution is 2.36. The SMILES string of the molecule is CC(=O)Nc1ccc2c(Nc3cnccn3)nn(-c3ccnc(N4C[C@@H]5C[C@H]4CN5C(=O)OC(C)(C)C)c3)c2c1. The fraction of sp³-hybridized carbons (Fsp3) is 0.357. The Labute approximate surface area is 231 Å². The average Bonchev–Trinajstić information content (AvgIpc) is 3.61. The number of hydrogen-bond donors (Lipinski definition) is 2. The molecule has 0 saturated carbocycles. The standard InChI is InChI=1S/C28H31N9O3/c1-17(38)32-18-5-6-22-23(11-18)37(34-26(22)33-24-14-29-9-10-30-24)19-7-8-31-25(13-19)35-15-21-12-20(35)16-36(21)27(39)40-28(2,3)4/h5-11,13-14,20-21H,12,15-16H2,1-4H3,(H,32,38)(H,30,33,34)/t20-,21-/m0/s1. The van der Waals surface area contributed by atoms with Gasteiger partial charge in [-0.05, 0) is 51.5 Å². The van der Waals surface area contributed by atoms with Gasteiger partial charge in [0.1, 0.15) is 17.2 Å². The molecule has 40 heavy (non-hydrogen) atoms. The van der Waals surface area contributed by atoms with E-state index in [1.54, 1.807) is 24.8 Å². The van der Waals surface area contributed by atoms with E-state index in [9.17, 15) is 9.59 Å². The number of piperazine rings is 1. The van der Waals surface area contributed by atoms with E-state index in [4.69, 9.17) is 9.84 Å². The van der Waals surface area contributed by atoms with E-state index in [0.717, 1.165) is 28.8 Å². The highest BCUT2D eigenvalue weighted by Gasteiger charge is 2.47. The molecule has 6 rings (SSSR count). The number of pyridine rings is 1. The van der Waals surface area contributed by atoms with Crippen LogP contribution in [-0.2, 0) is 9.53 Å². The average molecular weight is 542 g/mol. The topological polar surface area (TPSA) is 130 Å². The number of carbonyl (C=O) groups excluding carboxylic acids is 2. The molecule has 2 amide bonds. The van der Waals surface area contributed by atoms with E-state index >= 15 is 0 Å². The Morgan fingerprint density at radius 3 is 2.58 bits per heavy atom. The minimum absolute atomic E-state index is 0.0823. The van der Waals surface area contributed by atoms with E-state index in [1.165, 1.54) is 6.92 Å². The Morgan fingerprint density at radius 1 is 1.02 bits per heavy atom. The quantitative estimate of drug-likeness (QED) is 0.383. The molecule has 0 unspecified atom stereocenters. The van der Waals surface area contributed by atoms with Crippen molar-refractivity contribution in [1.82, 2.24) is 29.6 Å². The number of hydrogen-bond acceptors (Lipinski definition) is 9. The van der Waals surface area contributed by atoms with E-state index in [1.807, 2.05) is 60.7 Å². The van der Waals surface area contributed by atoms with Gasteiger partial charge >= 0.3 is 6.09 Å². The third kappa shape index (κ3) is 4.99. The summed E-state index contributed by atoms with van der Waals surface area (Å²) in [5, 5.41) is 11.8. The van der Waals surface area contributed by atoms with Crippen molar-refractivity contribution in [2.24, 2.45) is 0 Å². The first kappa shape index (κ1) is 25.5. The minimum Gasteiger partial charge on any atom is -0.444 e. The van der Waals surface area contributed by atoms with Crippen LogP contribution in [0, 0.1) is 0 Å². The molecule has 4 aromatic rings. The number of aromatic nitrogens is 5. The largest absolute Gasteiger partial charge is 0.444 e. The third-order valence-electron chi connectivity index (χ3n) is 6.95. The molecule has 206 valence electrons. The molecule has 3 aromatic heterocycles. The number of nitrogens with one attached hydrogen (secondary N) is 2. The van der Waals surface area contributed by atoms with Gasteiger partial charge in [-0.1, -0.05) is 0 Å². The zero-order valence-corrected chi connectivity index (χ0v) is 22.8. The van der Waals surface area contributed by atoms with Crippen molar-refractivity contribution in [1.29, 1.82) is 0 Å². The van der Waals surface area contributed by atoms with Crippen molar-refractivity contribution in [3.05, 3.63) is 55.1 Å². The van der Waals surface area contributed by atoms with E-state index in [2.05, 4.69) is 30.5 Å². The van der Waals surface area contributed by atoms with Gasteiger partial charge in [0.25, 0.3) is 0 Å². The first-order valence-corrected chi connectivity index (χ1v) is 13.2. The summed E-state index contributed by atoms with van der Waals surface area (Å²) in [6.45, 7) is 8.41. The van der Waals surface area contributed by atoms with Crippen LogP contribution in [0.25, 0.3) is 16.6 Å². The van der Waals surface area contributed by atoms with E-state index in [-0.39, 0.29) is 24.1 Å². The van der Waals surface area contributed by atoms with Crippen LogP contribution < -0.4 is 15.5 Å². The van der Waals surface area contributed by atoms with Crippen LogP contribution in [0.3, 0.4) is 0 Å². The second kappa shape index (κ2) is 9.78. The van der Waals surface area contributed by atoms with Gasteiger partial charge in [-0.15, -0.1) is 5.10 Å². The number of carbonyl (C=O) groups is 2. The molecule has 2 bridgehead atoms. The molecule has 2 aliphatic heterocycles. The lowest BCUT2D eigenvalue weighted by Gasteiger charge is -2.35. The lowest BCUT2D eigenvalue weighted by Crippen LogP contribution is -2.50. The number of fused-ring (bicyclic) bond motifs is 3. The van der Waals surface area contributed by atoms with Gasteiger partial charge in [0.2, 0.25) is 5.91 Å². The Hall–Kier alpha value is -4.74. The van der Waals surface area contributed by atoms with Gasteiger partial charge in [0.15, 0.2) is 5.82 Å². The second-order valence-electron chi connectivity index (χ2n) is 11.1. The number of nitrogens with zero attached hydrogens (tertiary/aromatic N) is 7. The maximum Gasteiger partial charge on any atom is 0.410 e. The number of benzene rings is 1. The molecule has 5 heterocycles. The molecule has 2 fully saturated rings. The zero-order chi connectivity index (χ0) is 28.0. The van der Waals surface area contributed by atoms with Gasteiger partial charge in [-0.25, -0.2) is 19.4 Å². The summed E-state index contributed by atoms with van der Waals surface area (Å²) in [5.74, 6) is 1.84. The Bertz CT molecular complexity index is 1580. The van der Waals surface area contributed by atoms with Gasteiger partial charge in [0.05, 0.1) is 29.5 Å². The highest BCUT2D eigenvalue weighted by atomic mass is 16.6. The predicted octanol–water partition coefficient (Wildman–Crippen LogP) is 4.11. The number of amides is 2. The lowest BCUT2D eigenvalue weighted by molar-refractivity contribution is -0.114. The molecule has 2 saturated heterocycles. The summed E-state index contributed by atoms with van der Waals surface area (Å²) in [4.78, 5) is 41.6. The third-order valence-corrected chi connectivity index (χ3v) is 6.95. The first-order valence-electron chi connectivity index (χ1n) is 13.2. The Kier molecular flexibility index (Phi) is 6.24. The smallest absolute Gasteiger partial charge is 0.410 e. The molecular formula is C28H31N9O3. The second-order valence-corrected chi connectivity index (χ2v) is 11.1. The van der Waals surface area contributed by atoms with Crippen LogP contribution in [0.4, 0.5) is 27.9 Å². The maximum atomic E-state index is 12.7. The molecule has 0 radical (unpaired) electrons. The molecule has 0 aliphatic carbocycles. The monoisotopic (exact) mass is 541 g/mol. The van der Waals surface area contributed by atoms with E-state index < -0.39 is 5.60 Å². The zero-order valence-electron chi connectivity index (χ0n) is 22.8. The van der Waals surface area contributed by atoms with Crippen molar-refractivity contribution in [2.45, 2.75) is 51.8 Å². The summed E-state index contributed by atoms with van der Waals surface area (Å²) in [7, 11) is 0. The summed E-state index contributed by atoms with van der Waals surface area (Å²) in [5.41, 5.74) is 1.75. The van der Waals surface area contributed by atoms with Crippen LogP contribution in [0.5, 0.6) is 0 Å². The predicted molar refractivity (Wildman–Crippen MR) is 151 cm³/mol. The maximum absolute atomic E-state index is 12.7. The molecule has 2 atom stereocenters. The summed E-state index contributed by atoms with van der Waals surface area (Å²) >= 11 is 0. The van der Waals surface area contributed by atoms with Crippen molar-refractivity contribution in [3.63, 3.8) is 0 Å². The molecule has 12 heteroatoms. The van der Waals surface area contributed by atoms with Crippen LogP contribution in [0.2, 0.25) is 0 Å². The van der Waals surface area contributed by atoms with Crippen LogP contribution >= 0.6 is 0 Å². The number of anilines is 4. The lowest BCUT2D eigenvalue weighted by atomic mass is 10.2. The summed E-state index contributed by atoms with van der Waals surface area (Å²) in [6, 6.07) is 9.79. The van der Waals surface area contributed by atoms with Gasteiger partial charge < -0.3 is 25.2 Å². The number of rotatable bonds is 5. The molecule has 2 aliphatic rings. The molecular weight excluding hydrogens is 510 g/mol. The van der Waals surface area contributed by atoms with Crippen molar-refractivity contribution in [2.75, 3.05) is 28.6 Å². The molecule has 2 N–H and O–H groups in total. The van der Waals surface area contributed by atoms with Crippen molar-refractivity contribution < 1.29 is 14.3 Å². The summed E-state index contributed by atoms with van der Waals surface area (Å²) < 4.78 is 7.44. The van der Waals surface area contributed by atoms with E-state index in [0.29, 0.717) is 30.4 Å². The molecule has 0 spiro atoms. The van der Waals surface area contributed by atoms with Crippen molar-refractivity contribution in [3.8, 4) is 5.69 Å². The summed E-state index contributed by atoms with van der Waals surface area (Å²) in [6.07, 6.45) is 7.23. The van der Waals surface area contributed by atoms with Gasteiger partial charge in [0, 0.05) is 55.7 Å². The number of ether oxygens (including phenoxy) is 1. The van der Waals surface area contributed by atoms with Crippen LogP contribution in [-0.4, -0.2) is 72.4 Å². The number of likely N-dealkylation sites (tertiary alicyclic amines) is 1. The van der Waals surface area contributed by atoms with Gasteiger partial charge in [-0.3, -0.25) is 9.78 Å². The Morgan fingerprint density at radius 2 is 1.88 bits per heavy atom. The Balaban J connectivity index is 1.31. The highest BCUT2D eigenvalue weighted by molar-refractivity contribution is 5.97. The fourth-order valence-corrected chi connectivity index (χ4v) is 5.36. The van der Waals surface area contributed by atoms with Crippen LogP contribution in [0.15, 0.2) is 55.1 Å². The molecule has 1 aromatic carbocycles. The minimum atomic E-state index is -0.526. The normalized spacial score (nSPS) is 18.3. The first-order chi connectivity index (χ1) is 19.1. The molecule has 12 nitrogen and oxygen atoms in total. The van der Waals surface area contributed by atoms with Crippen molar-refractivity contribution >= 4 is 46.0 Å². The fourth-order valence-electron chi connectivity index (χ4n) is 5.36. The van der Waals surface area contributed by atoms with Crippen LogP contribution in [0.1, 0.15) is 34.1 Å².